The highest BCUT2D eigenvalue weighted by molar-refractivity contribution is 6.02. The van der Waals surface area contributed by atoms with Gasteiger partial charge in [0, 0.05) is 25.2 Å². The second-order valence-corrected chi connectivity index (χ2v) is 6.79. The van der Waals surface area contributed by atoms with Gasteiger partial charge in [-0.25, -0.2) is 4.39 Å². The normalized spacial score (nSPS) is 16.0. The molecule has 148 valence electrons. The maximum atomic E-state index is 13.5. The number of aromatic nitrogens is 2. The summed E-state index contributed by atoms with van der Waals surface area (Å²) in [5, 5.41) is 9.54. The van der Waals surface area contributed by atoms with Gasteiger partial charge in [0.15, 0.2) is 0 Å². The lowest BCUT2D eigenvalue weighted by molar-refractivity contribution is -0.120. The van der Waals surface area contributed by atoms with Crippen molar-refractivity contribution >= 4 is 17.5 Å². The van der Waals surface area contributed by atoms with Crippen LogP contribution in [0.4, 0.5) is 10.1 Å². The number of H-pyrrole nitrogens is 1. The average Bonchev–Trinajstić information content (AvgIpc) is 3.16. The third kappa shape index (κ3) is 3.96. The minimum atomic E-state index is -0.919. The van der Waals surface area contributed by atoms with Crippen LogP contribution >= 0.6 is 0 Å². The SMILES string of the molecule is CN1C(=O)[C@@H](NC(=O)c2cc(Cc3ccccc3)[nH]n2)COc2ccc(F)cc21. The molecule has 2 aromatic carbocycles. The summed E-state index contributed by atoms with van der Waals surface area (Å²) in [6.07, 6.45) is 0.607. The van der Waals surface area contributed by atoms with Gasteiger partial charge in [-0.2, -0.15) is 5.10 Å². The Hall–Kier alpha value is -3.68. The van der Waals surface area contributed by atoms with E-state index in [0.29, 0.717) is 17.9 Å². The van der Waals surface area contributed by atoms with E-state index in [-0.39, 0.29) is 12.3 Å². The molecule has 0 bridgehead atoms. The summed E-state index contributed by atoms with van der Waals surface area (Å²) < 4.78 is 19.1. The summed E-state index contributed by atoms with van der Waals surface area (Å²) in [6, 6.07) is 14.5. The number of likely N-dealkylation sites (N-methyl/N-ethyl adjacent to an activating group) is 1. The summed E-state index contributed by atoms with van der Waals surface area (Å²) in [7, 11) is 1.51. The number of hydrogen-bond acceptors (Lipinski definition) is 4. The number of fused-ring (bicyclic) bond motifs is 1. The van der Waals surface area contributed by atoms with Crippen LogP contribution in [0.5, 0.6) is 5.75 Å². The van der Waals surface area contributed by atoms with Crippen LogP contribution in [0.25, 0.3) is 0 Å². The zero-order valence-corrected chi connectivity index (χ0v) is 15.7. The lowest BCUT2D eigenvalue weighted by Crippen LogP contribution is -2.49. The summed E-state index contributed by atoms with van der Waals surface area (Å²) in [4.78, 5) is 26.6. The van der Waals surface area contributed by atoms with Gasteiger partial charge in [-0.15, -0.1) is 0 Å². The number of anilines is 1. The number of amides is 2. The largest absolute Gasteiger partial charge is 0.489 e. The molecule has 2 N–H and O–H groups in total. The van der Waals surface area contributed by atoms with Crippen molar-refractivity contribution in [2.75, 3.05) is 18.6 Å². The first-order chi connectivity index (χ1) is 14.0. The molecule has 2 heterocycles. The average molecular weight is 394 g/mol. The number of nitrogens with zero attached hydrogens (tertiary/aromatic N) is 2. The number of halogens is 1. The Morgan fingerprint density at radius 3 is 2.86 bits per heavy atom. The molecule has 1 atom stereocenters. The van der Waals surface area contributed by atoms with E-state index in [0.717, 1.165) is 11.3 Å². The second kappa shape index (κ2) is 7.75. The van der Waals surface area contributed by atoms with E-state index in [9.17, 15) is 14.0 Å². The third-order valence-electron chi connectivity index (χ3n) is 4.72. The topological polar surface area (TPSA) is 87.3 Å². The number of carbonyl (C=O) groups excluding carboxylic acids is 2. The van der Waals surface area contributed by atoms with Crippen LogP contribution in [0.3, 0.4) is 0 Å². The van der Waals surface area contributed by atoms with E-state index in [4.69, 9.17) is 4.74 Å². The molecule has 1 aliphatic heterocycles. The monoisotopic (exact) mass is 394 g/mol. The molecule has 2 amide bonds. The Morgan fingerprint density at radius 2 is 2.07 bits per heavy atom. The fourth-order valence-electron chi connectivity index (χ4n) is 3.19. The van der Waals surface area contributed by atoms with E-state index in [1.165, 1.54) is 30.1 Å². The molecule has 0 saturated carbocycles. The molecule has 0 aliphatic carbocycles. The number of aromatic amines is 1. The first-order valence-electron chi connectivity index (χ1n) is 9.10. The maximum absolute atomic E-state index is 13.5. The molecule has 1 aromatic heterocycles. The van der Waals surface area contributed by atoms with Crippen LogP contribution < -0.4 is 15.0 Å². The van der Waals surface area contributed by atoms with Crippen LogP contribution in [0.15, 0.2) is 54.6 Å². The van der Waals surface area contributed by atoms with Gasteiger partial charge in [0.05, 0.1) is 5.69 Å². The standard InChI is InChI=1S/C21H19FN4O3/c1-26-18-10-14(22)7-8-19(18)29-12-17(21(26)28)23-20(27)16-11-15(24-25-16)9-13-5-3-2-4-6-13/h2-8,10-11,17H,9,12H2,1H3,(H,23,27)(H,24,25)/t17-/m0/s1. The van der Waals surface area contributed by atoms with Crippen molar-refractivity contribution in [1.82, 2.24) is 15.5 Å². The Balaban J connectivity index is 1.45. The quantitative estimate of drug-likeness (QED) is 0.711. The number of ether oxygens (including phenoxy) is 1. The molecule has 7 nitrogen and oxygen atoms in total. The molecule has 29 heavy (non-hydrogen) atoms. The van der Waals surface area contributed by atoms with Crippen LogP contribution in [0.2, 0.25) is 0 Å². The first-order valence-corrected chi connectivity index (χ1v) is 9.10. The number of benzene rings is 2. The van der Waals surface area contributed by atoms with E-state index in [1.54, 1.807) is 6.07 Å². The molecule has 8 heteroatoms. The number of nitrogens with one attached hydrogen (secondary N) is 2. The highest BCUT2D eigenvalue weighted by Crippen LogP contribution is 2.31. The highest BCUT2D eigenvalue weighted by atomic mass is 19.1. The summed E-state index contributed by atoms with van der Waals surface area (Å²) in [5.74, 6) is -0.989. The predicted molar refractivity (Wildman–Crippen MR) is 104 cm³/mol. The number of rotatable bonds is 4. The fourth-order valence-corrected chi connectivity index (χ4v) is 3.19. The molecule has 0 saturated heterocycles. The van der Waals surface area contributed by atoms with Crippen molar-refractivity contribution in [3.8, 4) is 5.75 Å². The maximum Gasteiger partial charge on any atom is 0.272 e. The van der Waals surface area contributed by atoms with E-state index < -0.39 is 23.7 Å². The molecule has 0 fully saturated rings. The number of carbonyl (C=O) groups is 2. The molecular formula is C21H19FN4O3. The fraction of sp³-hybridized carbons (Fsp3) is 0.190. The van der Waals surface area contributed by atoms with Crippen molar-refractivity contribution in [2.24, 2.45) is 0 Å². The second-order valence-electron chi connectivity index (χ2n) is 6.79. The smallest absolute Gasteiger partial charge is 0.272 e. The highest BCUT2D eigenvalue weighted by Gasteiger charge is 2.31. The Labute approximate surface area is 166 Å². The molecule has 3 aromatic rings. The molecule has 0 spiro atoms. The van der Waals surface area contributed by atoms with Crippen LogP contribution in [-0.4, -0.2) is 41.7 Å². The van der Waals surface area contributed by atoms with Gasteiger partial charge in [0.25, 0.3) is 11.8 Å². The van der Waals surface area contributed by atoms with Gasteiger partial charge in [-0.3, -0.25) is 14.7 Å². The van der Waals surface area contributed by atoms with Gasteiger partial charge in [-0.05, 0) is 23.8 Å². The number of hydrogen-bond donors (Lipinski definition) is 2. The zero-order chi connectivity index (χ0) is 20.4. The molecule has 0 radical (unpaired) electrons. The minimum Gasteiger partial charge on any atom is -0.489 e. The van der Waals surface area contributed by atoms with Crippen molar-refractivity contribution in [3.63, 3.8) is 0 Å². The third-order valence-corrected chi connectivity index (χ3v) is 4.72. The minimum absolute atomic E-state index is 0.0607. The van der Waals surface area contributed by atoms with Crippen LogP contribution in [0, 0.1) is 5.82 Å². The van der Waals surface area contributed by atoms with Crippen molar-refractivity contribution < 1.29 is 18.7 Å². The predicted octanol–water partition coefficient (Wildman–Crippen LogP) is 2.29. The Bertz CT molecular complexity index is 1050. The van der Waals surface area contributed by atoms with Gasteiger partial charge in [0.2, 0.25) is 0 Å². The van der Waals surface area contributed by atoms with Gasteiger partial charge in [-0.1, -0.05) is 30.3 Å². The Kier molecular flexibility index (Phi) is 4.99. The van der Waals surface area contributed by atoms with Crippen molar-refractivity contribution in [1.29, 1.82) is 0 Å². The van der Waals surface area contributed by atoms with Crippen LogP contribution in [-0.2, 0) is 11.2 Å². The summed E-state index contributed by atoms with van der Waals surface area (Å²) >= 11 is 0. The Morgan fingerprint density at radius 1 is 1.28 bits per heavy atom. The summed E-state index contributed by atoms with van der Waals surface area (Å²) in [6.45, 7) is -0.0607. The van der Waals surface area contributed by atoms with Crippen LogP contribution in [0.1, 0.15) is 21.7 Å². The summed E-state index contributed by atoms with van der Waals surface area (Å²) in [5.41, 5.74) is 2.36. The first kappa shape index (κ1) is 18.7. The van der Waals surface area contributed by atoms with E-state index in [2.05, 4.69) is 15.5 Å². The molecule has 1 aliphatic rings. The van der Waals surface area contributed by atoms with Gasteiger partial charge >= 0.3 is 0 Å². The molecule has 0 unspecified atom stereocenters. The van der Waals surface area contributed by atoms with E-state index in [1.807, 2.05) is 30.3 Å². The lowest BCUT2D eigenvalue weighted by atomic mass is 10.1. The lowest BCUT2D eigenvalue weighted by Gasteiger charge is -2.20. The van der Waals surface area contributed by atoms with Gasteiger partial charge < -0.3 is 15.0 Å². The van der Waals surface area contributed by atoms with Crippen molar-refractivity contribution in [3.05, 3.63) is 77.4 Å². The molecule has 4 rings (SSSR count). The molecular weight excluding hydrogens is 375 g/mol. The van der Waals surface area contributed by atoms with Crippen molar-refractivity contribution in [2.45, 2.75) is 12.5 Å². The zero-order valence-electron chi connectivity index (χ0n) is 15.7. The van der Waals surface area contributed by atoms with Gasteiger partial charge in [0.1, 0.15) is 29.9 Å². The van der Waals surface area contributed by atoms with E-state index >= 15 is 0 Å².